The number of rotatable bonds is 2. The van der Waals surface area contributed by atoms with Crippen LogP contribution in [0, 0.1) is 0 Å². The summed E-state index contributed by atoms with van der Waals surface area (Å²) in [5.41, 5.74) is 2.72. The molecule has 2 heterocycles. The van der Waals surface area contributed by atoms with Crippen LogP contribution in [0.5, 0.6) is 11.5 Å². The van der Waals surface area contributed by atoms with Crippen LogP contribution in [-0.4, -0.2) is 43.8 Å². The quantitative estimate of drug-likeness (QED) is 0.780. The third-order valence-corrected chi connectivity index (χ3v) is 5.90. The average molecular weight is 331 g/mol. The Hall–Kier alpha value is -1.75. The van der Waals surface area contributed by atoms with E-state index in [4.69, 9.17) is 14.2 Å². The van der Waals surface area contributed by atoms with E-state index in [9.17, 15) is 4.79 Å². The Balaban J connectivity index is 1.76. The van der Waals surface area contributed by atoms with Gasteiger partial charge < -0.3 is 19.1 Å². The van der Waals surface area contributed by atoms with Crippen LogP contribution in [0.15, 0.2) is 12.1 Å². The van der Waals surface area contributed by atoms with Crippen LogP contribution >= 0.6 is 0 Å². The SMILES string of the molecule is COc1ccc2c3c1O[C@H]1C[C@@H](OC(C)=O)CC[C@@]31CCN(C)C2. The Kier molecular flexibility index (Phi) is 3.71. The average Bonchev–Trinajstić information content (AvgIpc) is 2.80. The molecule has 3 atom stereocenters. The van der Waals surface area contributed by atoms with Crippen LogP contribution in [0.1, 0.15) is 43.7 Å². The van der Waals surface area contributed by atoms with Crippen molar-refractivity contribution in [1.82, 2.24) is 4.90 Å². The first-order valence-electron chi connectivity index (χ1n) is 8.76. The minimum Gasteiger partial charge on any atom is -0.493 e. The number of esters is 1. The van der Waals surface area contributed by atoms with Gasteiger partial charge in [0, 0.05) is 30.9 Å². The highest BCUT2D eigenvalue weighted by atomic mass is 16.6. The predicted octanol–water partition coefficient (Wildman–Crippen LogP) is 2.65. The maximum Gasteiger partial charge on any atom is 0.302 e. The minimum absolute atomic E-state index is 0.0284. The van der Waals surface area contributed by atoms with Gasteiger partial charge in [0.15, 0.2) is 11.5 Å². The zero-order valence-corrected chi connectivity index (χ0v) is 14.6. The highest BCUT2D eigenvalue weighted by Gasteiger charge is 2.55. The molecule has 0 amide bonds. The lowest BCUT2D eigenvalue weighted by molar-refractivity contribution is -0.150. The first kappa shape index (κ1) is 15.8. The Morgan fingerprint density at radius 1 is 1.38 bits per heavy atom. The molecule has 0 saturated heterocycles. The number of methoxy groups -OCH3 is 1. The number of nitrogens with zero attached hydrogens (tertiary/aromatic N) is 1. The summed E-state index contributed by atoms with van der Waals surface area (Å²) < 4.78 is 17.5. The fraction of sp³-hybridized carbons (Fsp3) is 0.632. The highest BCUT2D eigenvalue weighted by Crippen LogP contribution is 2.57. The third kappa shape index (κ3) is 2.29. The summed E-state index contributed by atoms with van der Waals surface area (Å²) in [5, 5.41) is 0. The summed E-state index contributed by atoms with van der Waals surface area (Å²) in [5.74, 6) is 1.53. The summed E-state index contributed by atoms with van der Waals surface area (Å²) >= 11 is 0. The van der Waals surface area contributed by atoms with Crippen molar-refractivity contribution in [3.05, 3.63) is 23.3 Å². The largest absolute Gasteiger partial charge is 0.493 e. The summed E-state index contributed by atoms with van der Waals surface area (Å²) in [6, 6.07) is 4.20. The van der Waals surface area contributed by atoms with Gasteiger partial charge in [-0.15, -0.1) is 0 Å². The molecule has 1 fully saturated rings. The first-order valence-corrected chi connectivity index (χ1v) is 8.76. The van der Waals surface area contributed by atoms with Crippen molar-refractivity contribution in [2.75, 3.05) is 20.7 Å². The van der Waals surface area contributed by atoms with Gasteiger partial charge in [-0.05, 0) is 44.5 Å². The molecular weight excluding hydrogens is 306 g/mol. The molecule has 2 aliphatic heterocycles. The molecule has 4 rings (SSSR count). The monoisotopic (exact) mass is 331 g/mol. The van der Waals surface area contributed by atoms with E-state index in [0.717, 1.165) is 50.3 Å². The molecular formula is C19H25NO4. The molecule has 1 spiro atoms. The van der Waals surface area contributed by atoms with Crippen LogP contribution in [0.4, 0.5) is 0 Å². The zero-order valence-electron chi connectivity index (χ0n) is 14.6. The van der Waals surface area contributed by atoms with E-state index in [2.05, 4.69) is 18.0 Å². The summed E-state index contributed by atoms with van der Waals surface area (Å²) in [6.45, 7) is 3.47. The van der Waals surface area contributed by atoms with E-state index in [1.54, 1.807) is 7.11 Å². The molecule has 1 aromatic carbocycles. The highest BCUT2D eigenvalue weighted by molar-refractivity contribution is 5.66. The summed E-state index contributed by atoms with van der Waals surface area (Å²) in [6.07, 6.45) is 3.76. The molecule has 5 heteroatoms. The maximum atomic E-state index is 11.3. The van der Waals surface area contributed by atoms with E-state index in [0.29, 0.717) is 0 Å². The summed E-state index contributed by atoms with van der Waals surface area (Å²) in [4.78, 5) is 13.7. The standard InChI is InChI=1S/C19H25NO4/c1-12(21)23-14-6-7-19-8-9-20(2)11-13-4-5-15(22-3)18(17(13)19)24-16(19)10-14/h4-5,14,16H,6-11H2,1-3H3/t14-,16-,19-/m0/s1. The lowest BCUT2D eigenvalue weighted by Gasteiger charge is -2.41. The molecule has 3 aliphatic rings. The molecule has 0 N–H and O–H groups in total. The second-order valence-corrected chi connectivity index (χ2v) is 7.39. The van der Waals surface area contributed by atoms with Gasteiger partial charge in [0.05, 0.1) is 7.11 Å². The topological polar surface area (TPSA) is 48.0 Å². The van der Waals surface area contributed by atoms with Gasteiger partial charge in [0.25, 0.3) is 0 Å². The number of hydrogen-bond donors (Lipinski definition) is 0. The van der Waals surface area contributed by atoms with Crippen LogP contribution in [0.3, 0.4) is 0 Å². The lowest BCUT2D eigenvalue weighted by atomic mass is 9.65. The van der Waals surface area contributed by atoms with Gasteiger partial charge in [-0.1, -0.05) is 6.07 Å². The Morgan fingerprint density at radius 2 is 2.21 bits per heavy atom. The van der Waals surface area contributed by atoms with Crippen LogP contribution < -0.4 is 9.47 Å². The number of carbonyl (C=O) groups excluding carboxylic acids is 1. The predicted molar refractivity (Wildman–Crippen MR) is 89.4 cm³/mol. The van der Waals surface area contributed by atoms with Gasteiger partial charge in [-0.25, -0.2) is 0 Å². The van der Waals surface area contributed by atoms with Gasteiger partial charge in [0.2, 0.25) is 0 Å². The van der Waals surface area contributed by atoms with Crippen LogP contribution in [-0.2, 0) is 21.5 Å². The van der Waals surface area contributed by atoms with Crippen molar-refractivity contribution in [1.29, 1.82) is 0 Å². The molecule has 1 aliphatic carbocycles. The van der Waals surface area contributed by atoms with Crippen LogP contribution in [0.25, 0.3) is 0 Å². The Bertz CT molecular complexity index is 674. The second-order valence-electron chi connectivity index (χ2n) is 7.39. The maximum absolute atomic E-state index is 11.3. The molecule has 0 unspecified atom stereocenters. The van der Waals surface area contributed by atoms with Gasteiger partial charge >= 0.3 is 5.97 Å². The van der Waals surface area contributed by atoms with E-state index < -0.39 is 0 Å². The van der Waals surface area contributed by atoms with Crippen molar-refractivity contribution in [3.8, 4) is 11.5 Å². The summed E-state index contributed by atoms with van der Waals surface area (Å²) in [7, 11) is 3.87. The van der Waals surface area contributed by atoms with E-state index >= 15 is 0 Å². The van der Waals surface area contributed by atoms with E-state index in [-0.39, 0.29) is 23.6 Å². The van der Waals surface area contributed by atoms with Gasteiger partial charge in [-0.2, -0.15) is 0 Å². The Labute approximate surface area is 142 Å². The van der Waals surface area contributed by atoms with Gasteiger partial charge in [0.1, 0.15) is 12.2 Å². The normalized spacial score (nSPS) is 31.5. The van der Waals surface area contributed by atoms with Crippen LogP contribution in [0.2, 0.25) is 0 Å². The van der Waals surface area contributed by atoms with Crippen molar-refractivity contribution in [3.63, 3.8) is 0 Å². The smallest absolute Gasteiger partial charge is 0.302 e. The molecule has 130 valence electrons. The third-order valence-electron chi connectivity index (χ3n) is 5.90. The molecule has 1 aromatic rings. The Morgan fingerprint density at radius 3 is 2.96 bits per heavy atom. The van der Waals surface area contributed by atoms with Crippen molar-refractivity contribution in [2.24, 2.45) is 0 Å². The minimum atomic E-state index is -0.203. The molecule has 24 heavy (non-hydrogen) atoms. The number of benzene rings is 1. The fourth-order valence-corrected chi connectivity index (χ4v) is 4.82. The van der Waals surface area contributed by atoms with E-state index in [1.165, 1.54) is 18.1 Å². The first-order chi connectivity index (χ1) is 11.5. The molecule has 0 bridgehead atoms. The second kappa shape index (κ2) is 5.66. The van der Waals surface area contributed by atoms with E-state index in [1.807, 2.05) is 6.07 Å². The number of carbonyl (C=O) groups is 1. The van der Waals surface area contributed by atoms with Crippen molar-refractivity contribution < 1.29 is 19.0 Å². The molecule has 0 radical (unpaired) electrons. The fourth-order valence-electron chi connectivity index (χ4n) is 4.82. The number of hydrogen-bond acceptors (Lipinski definition) is 5. The zero-order chi connectivity index (χ0) is 16.9. The molecule has 0 aromatic heterocycles. The van der Waals surface area contributed by atoms with Crippen molar-refractivity contribution >= 4 is 5.97 Å². The van der Waals surface area contributed by atoms with Gasteiger partial charge in [-0.3, -0.25) is 4.79 Å². The van der Waals surface area contributed by atoms with Crippen molar-refractivity contribution in [2.45, 2.75) is 56.8 Å². The molecule has 5 nitrogen and oxygen atoms in total. The molecule has 1 saturated carbocycles. The number of ether oxygens (including phenoxy) is 3. The lowest BCUT2D eigenvalue weighted by Crippen LogP contribution is -2.46.